The van der Waals surface area contributed by atoms with Crippen LogP contribution >= 0.6 is 24.0 Å². The van der Waals surface area contributed by atoms with E-state index in [1.54, 1.807) is 13.3 Å². The number of rotatable bonds is 9. The average molecular weight is 530 g/mol. The molecule has 2 aromatic rings. The first-order chi connectivity index (χ1) is 14.2. The molecule has 3 rings (SSSR count). The van der Waals surface area contributed by atoms with Gasteiger partial charge in [0.2, 0.25) is 5.89 Å². The van der Waals surface area contributed by atoms with Crippen molar-refractivity contribution in [3.63, 3.8) is 0 Å². The van der Waals surface area contributed by atoms with E-state index in [-0.39, 0.29) is 35.9 Å². The number of hydrogen-bond acceptors (Lipinski definition) is 6. The number of hydrogen-bond donors (Lipinski definition) is 2. The number of aromatic nitrogens is 2. The highest BCUT2D eigenvalue weighted by Gasteiger charge is 2.24. The minimum absolute atomic E-state index is 0. The summed E-state index contributed by atoms with van der Waals surface area (Å²) in [6, 6.07) is 4.24. The molecule has 9 heteroatoms. The van der Waals surface area contributed by atoms with Gasteiger partial charge in [0.15, 0.2) is 11.8 Å². The van der Waals surface area contributed by atoms with Gasteiger partial charge in [-0.3, -0.25) is 9.89 Å². The second-order valence-electron chi connectivity index (χ2n) is 7.81. The largest absolute Gasteiger partial charge is 0.468 e. The summed E-state index contributed by atoms with van der Waals surface area (Å²) in [4.78, 5) is 11.3. The molecule has 1 fully saturated rings. The molecule has 8 nitrogen and oxygen atoms in total. The van der Waals surface area contributed by atoms with Crippen molar-refractivity contribution in [1.82, 2.24) is 25.7 Å². The summed E-state index contributed by atoms with van der Waals surface area (Å²) in [7, 11) is 1.80. The number of likely N-dealkylation sites (tertiary alicyclic amines) is 1. The van der Waals surface area contributed by atoms with Crippen molar-refractivity contribution in [3.8, 4) is 0 Å². The van der Waals surface area contributed by atoms with E-state index in [0.29, 0.717) is 5.89 Å². The van der Waals surface area contributed by atoms with Gasteiger partial charge in [0.05, 0.1) is 12.3 Å². The molecule has 1 aliphatic heterocycles. The molecule has 0 saturated carbocycles. The van der Waals surface area contributed by atoms with Gasteiger partial charge in [-0.25, -0.2) is 0 Å². The Bertz CT molecular complexity index is 741. The Balaban J connectivity index is 0.00000320. The van der Waals surface area contributed by atoms with Gasteiger partial charge in [0.25, 0.3) is 0 Å². The molecule has 0 radical (unpaired) electrons. The molecule has 0 bridgehead atoms. The molecule has 0 aliphatic carbocycles. The van der Waals surface area contributed by atoms with Crippen molar-refractivity contribution < 1.29 is 8.94 Å². The standard InChI is InChI=1S/C21H34N6O2.HI/c1-16(2)20-25-19(29-26-20)10-7-11-23-21(22-3)24-15-17(18-9-8-14-28-18)27-12-5-4-6-13-27;/h8-9,14,16-17H,4-7,10-13,15H2,1-3H3,(H2,22,23,24);1H. The minimum Gasteiger partial charge on any atom is -0.468 e. The predicted octanol–water partition coefficient (Wildman–Crippen LogP) is 3.73. The molecule has 0 aromatic carbocycles. The predicted molar refractivity (Wildman–Crippen MR) is 128 cm³/mol. The summed E-state index contributed by atoms with van der Waals surface area (Å²) in [6.45, 7) is 7.89. The van der Waals surface area contributed by atoms with Crippen LogP contribution in [-0.2, 0) is 6.42 Å². The highest BCUT2D eigenvalue weighted by molar-refractivity contribution is 14.0. The first-order valence-electron chi connectivity index (χ1n) is 10.7. The van der Waals surface area contributed by atoms with Crippen LogP contribution < -0.4 is 10.6 Å². The summed E-state index contributed by atoms with van der Waals surface area (Å²) >= 11 is 0. The number of furan rings is 1. The van der Waals surface area contributed by atoms with Gasteiger partial charge in [0, 0.05) is 32.5 Å². The smallest absolute Gasteiger partial charge is 0.226 e. The summed E-state index contributed by atoms with van der Waals surface area (Å²) in [5.74, 6) is 3.56. The Morgan fingerprint density at radius 1 is 1.23 bits per heavy atom. The van der Waals surface area contributed by atoms with Crippen LogP contribution in [0.15, 0.2) is 32.3 Å². The monoisotopic (exact) mass is 530 g/mol. The Morgan fingerprint density at radius 3 is 2.67 bits per heavy atom. The van der Waals surface area contributed by atoms with E-state index in [4.69, 9.17) is 8.94 Å². The zero-order valence-corrected chi connectivity index (χ0v) is 20.6. The van der Waals surface area contributed by atoms with Crippen LogP contribution in [0.5, 0.6) is 0 Å². The third-order valence-electron chi connectivity index (χ3n) is 5.25. The second-order valence-corrected chi connectivity index (χ2v) is 7.81. The van der Waals surface area contributed by atoms with Gasteiger partial charge in [-0.05, 0) is 44.5 Å². The molecule has 3 heterocycles. The van der Waals surface area contributed by atoms with Crippen molar-refractivity contribution in [1.29, 1.82) is 0 Å². The van der Waals surface area contributed by atoms with Gasteiger partial charge < -0.3 is 19.6 Å². The molecule has 1 aliphatic rings. The molecule has 1 atom stereocenters. The second kappa shape index (κ2) is 12.9. The minimum atomic E-state index is 0. The van der Waals surface area contributed by atoms with Gasteiger partial charge in [-0.15, -0.1) is 24.0 Å². The van der Waals surface area contributed by atoms with Crippen LogP contribution in [0.3, 0.4) is 0 Å². The third-order valence-corrected chi connectivity index (χ3v) is 5.25. The molecule has 0 spiro atoms. The van der Waals surface area contributed by atoms with Gasteiger partial charge in [-0.1, -0.05) is 25.4 Å². The fourth-order valence-electron chi connectivity index (χ4n) is 3.59. The fourth-order valence-corrected chi connectivity index (χ4v) is 3.59. The molecule has 168 valence electrons. The Hall–Kier alpha value is -1.62. The zero-order valence-electron chi connectivity index (χ0n) is 18.3. The lowest BCUT2D eigenvalue weighted by Crippen LogP contribution is -2.44. The van der Waals surface area contributed by atoms with Crippen LogP contribution in [0.2, 0.25) is 0 Å². The summed E-state index contributed by atoms with van der Waals surface area (Å²) in [5.41, 5.74) is 0. The molecule has 2 aromatic heterocycles. The maximum atomic E-state index is 5.72. The van der Waals surface area contributed by atoms with E-state index in [0.717, 1.165) is 56.6 Å². The van der Waals surface area contributed by atoms with Crippen molar-refractivity contribution >= 4 is 29.9 Å². The lowest BCUT2D eigenvalue weighted by molar-refractivity contribution is 0.146. The van der Waals surface area contributed by atoms with E-state index >= 15 is 0 Å². The number of halogens is 1. The van der Waals surface area contributed by atoms with Gasteiger partial charge >= 0.3 is 0 Å². The molecule has 0 amide bonds. The topological polar surface area (TPSA) is 91.7 Å². The van der Waals surface area contributed by atoms with Crippen LogP contribution in [0.4, 0.5) is 0 Å². The fraction of sp³-hybridized carbons (Fsp3) is 0.667. The number of aliphatic imine (C=N–C) groups is 1. The molecule has 30 heavy (non-hydrogen) atoms. The summed E-state index contributed by atoms with van der Waals surface area (Å²) < 4.78 is 11.0. The Morgan fingerprint density at radius 2 is 2.03 bits per heavy atom. The van der Waals surface area contributed by atoms with E-state index in [9.17, 15) is 0 Å². The highest BCUT2D eigenvalue weighted by Crippen LogP contribution is 2.24. The quantitative estimate of drug-likeness (QED) is 0.221. The van der Waals surface area contributed by atoms with Gasteiger partial charge in [-0.2, -0.15) is 4.98 Å². The average Bonchev–Trinajstić information content (AvgIpc) is 3.43. The number of aryl methyl sites for hydroxylation is 1. The molecule has 1 unspecified atom stereocenters. The van der Waals surface area contributed by atoms with E-state index in [2.05, 4.69) is 50.6 Å². The number of nitrogens with zero attached hydrogens (tertiary/aromatic N) is 4. The Kier molecular flexibility index (Phi) is 10.6. The van der Waals surface area contributed by atoms with E-state index in [1.807, 2.05) is 6.07 Å². The SMILES string of the molecule is CN=C(NCCCc1nc(C(C)C)no1)NCC(c1ccco1)N1CCCCC1.I. The molecule has 2 N–H and O–H groups in total. The lowest BCUT2D eigenvalue weighted by atomic mass is 10.1. The molecule has 1 saturated heterocycles. The normalized spacial score (nSPS) is 16.3. The maximum Gasteiger partial charge on any atom is 0.226 e. The van der Waals surface area contributed by atoms with Crippen LogP contribution in [0, 0.1) is 0 Å². The number of nitrogens with one attached hydrogen (secondary N) is 2. The van der Waals surface area contributed by atoms with E-state index < -0.39 is 0 Å². The summed E-state index contributed by atoms with van der Waals surface area (Å²) in [5, 5.41) is 10.8. The van der Waals surface area contributed by atoms with Crippen LogP contribution in [0.1, 0.15) is 69.0 Å². The maximum absolute atomic E-state index is 5.72. The lowest BCUT2D eigenvalue weighted by Gasteiger charge is -2.33. The first-order valence-corrected chi connectivity index (χ1v) is 10.7. The van der Waals surface area contributed by atoms with Crippen LogP contribution in [-0.4, -0.2) is 54.2 Å². The van der Waals surface area contributed by atoms with Crippen molar-refractivity contribution in [2.75, 3.05) is 33.2 Å². The van der Waals surface area contributed by atoms with E-state index in [1.165, 1.54) is 19.3 Å². The van der Waals surface area contributed by atoms with Crippen LogP contribution in [0.25, 0.3) is 0 Å². The highest BCUT2D eigenvalue weighted by atomic mass is 127. The van der Waals surface area contributed by atoms with Crippen molar-refractivity contribution in [3.05, 3.63) is 35.9 Å². The summed E-state index contributed by atoms with van der Waals surface area (Å²) in [6.07, 6.45) is 7.22. The number of guanidine groups is 1. The zero-order chi connectivity index (χ0) is 20.5. The third kappa shape index (κ3) is 7.26. The van der Waals surface area contributed by atoms with Crippen molar-refractivity contribution in [2.45, 2.75) is 57.9 Å². The Labute approximate surface area is 196 Å². The first kappa shape index (κ1) is 24.6. The molecular formula is C21H35IN6O2. The number of piperidine rings is 1. The molecular weight excluding hydrogens is 495 g/mol. The van der Waals surface area contributed by atoms with Gasteiger partial charge in [0.1, 0.15) is 5.76 Å². The van der Waals surface area contributed by atoms with Crippen molar-refractivity contribution in [2.24, 2.45) is 4.99 Å².